The van der Waals surface area contributed by atoms with Crippen molar-refractivity contribution in [3.05, 3.63) is 120 Å². The van der Waals surface area contributed by atoms with Crippen LogP contribution in [-0.2, 0) is 6.61 Å². The Balaban J connectivity index is 1.30. The van der Waals surface area contributed by atoms with Crippen LogP contribution in [0, 0.1) is 0 Å². The van der Waals surface area contributed by atoms with Gasteiger partial charge in [-0.15, -0.1) is 0 Å². The number of benzene rings is 3. The number of hydrogen-bond acceptors (Lipinski definition) is 5. The molecule has 34 heavy (non-hydrogen) atoms. The van der Waals surface area contributed by atoms with Crippen molar-refractivity contribution in [3.8, 4) is 5.75 Å². The fourth-order valence-electron chi connectivity index (χ4n) is 3.73. The van der Waals surface area contributed by atoms with E-state index in [-0.39, 0.29) is 17.7 Å². The van der Waals surface area contributed by atoms with Gasteiger partial charge in [-0.3, -0.25) is 19.4 Å². The highest BCUT2D eigenvalue weighted by molar-refractivity contribution is 6.34. The van der Waals surface area contributed by atoms with Crippen molar-refractivity contribution in [2.75, 3.05) is 10.2 Å². The van der Waals surface area contributed by atoms with Crippen molar-refractivity contribution in [2.24, 2.45) is 0 Å². The van der Waals surface area contributed by atoms with Crippen LogP contribution in [0.3, 0.4) is 0 Å². The summed E-state index contributed by atoms with van der Waals surface area (Å²) in [4.78, 5) is 43.6. The van der Waals surface area contributed by atoms with Crippen molar-refractivity contribution >= 4 is 29.1 Å². The Labute approximate surface area is 195 Å². The van der Waals surface area contributed by atoms with Gasteiger partial charge in [-0.1, -0.05) is 30.3 Å². The topological polar surface area (TPSA) is 88.6 Å². The molecule has 3 amide bonds. The minimum atomic E-state index is -0.387. The van der Waals surface area contributed by atoms with E-state index < -0.39 is 0 Å². The largest absolute Gasteiger partial charge is 0.489 e. The lowest BCUT2D eigenvalue weighted by atomic mass is 10.1. The molecule has 0 radical (unpaired) electrons. The summed E-state index contributed by atoms with van der Waals surface area (Å²) >= 11 is 0. The van der Waals surface area contributed by atoms with E-state index in [9.17, 15) is 14.4 Å². The summed E-state index contributed by atoms with van der Waals surface area (Å²) in [5, 5.41) is 2.82. The molecule has 166 valence electrons. The van der Waals surface area contributed by atoms with E-state index in [0.717, 1.165) is 10.5 Å². The number of hydrogen-bond donors (Lipinski definition) is 1. The summed E-state index contributed by atoms with van der Waals surface area (Å²) < 4.78 is 5.77. The molecule has 1 aliphatic heterocycles. The van der Waals surface area contributed by atoms with Crippen LogP contribution in [-0.4, -0.2) is 22.7 Å². The van der Waals surface area contributed by atoms with Crippen LogP contribution in [0.25, 0.3) is 0 Å². The molecule has 1 N–H and O–H groups in total. The first-order valence-electron chi connectivity index (χ1n) is 10.6. The minimum absolute atomic E-state index is 0.335. The van der Waals surface area contributed by atoms with E-state index in [4.69, 9.17) is 4.74 Å². The summed E-state index contributed by atoms with van der Waals surface area (Å²) in [6.45, 7) is 0.335. The number of aromatic nitrogens is 1. The van der Waals surface area contributed by atoms with E-state index in [0.29, 0.717) is 40.4 Å². The number of rotatable bonds is 6. The zero-order valence-electron chi connectivity index (χ0n) is 18.0. The zero-order valence-corrected chi connectivity index (χ0v) is 18.0. The number of amides is 3. The molecule has 5 rings (SSSR count). The van der Waals surface area contributed by atoms with Crippen LogP contribution in [0.15, 0.2) is 97.3 Å². The van der Waals surface area contributed by atoms with Gasteiger partial charge in [0.25, 0.3) is 17.7 Å². The number of imide groups is 1. The van der Waals surface area contributed by atoms with E-state index in [2.05, 4.69) is 10.3 Å². The summed E-state index contributed by atoms with van der Waals surface area (Å²) in [7, 11) is 0. The second kappa shape index (κ2) is 8.99. The maximum Gasteiger partial charge on any atom is 0.266 e. The number of carbonyl (C=O) groups excluding carboxylic acids is 3. The number of anilines is 2. The van der Waals surface area contributed by atoms with Gasteiger partial charge in [-0.05, 0) is 54.6 Å². The third kappa shape index (κ3) is 4.14. The van der Waals surface area contributed by atoms with Crippen LogP contribution in [0.5, 0.6) is 5.75 Å². The molecule has 1 aliphatic rings. The number of pyridine rings is 1. The smallest absolute Gasteiger partial charge is 0.266 e. The first kappa shape index (κ1) is 21.1. The summed E-state index contributed by atoms with van der Waals surface area (Å²) in [6, 6.07) is 23.9. The second-order valence-corrected chi connectivity index (χ2v) is 7.67. The average molecular weight is 449 g/mol. The van der Waals surface area contributed by atoms with E-state index in [1.807, 2.05) is 12.1 Å². The molecule has 7 nitrogen and oxygen atoms in total. The molecule has 7 heteroatoms. The highest BCUT2D eigenvalue weighted by Crippen LogP contribution is 2.30. The quantitative estimate of drug-likeness (QED) is 0.431. The predicted molar refractivity (Wildman–Crippen MR) is 127 cm³/mol. The van der Waals surface area contributed by atoms with Gasteiger partial charge in [-0.2, -0.15) is 0 Å². The average Bonchev–Trinajstić information content (AvgIpc) is 3.13. The number of nitrogens with zero attached hydrogens (tertiary/aromatic N) is 2. The summed E-state index contributed by atoms with van der Waals surface area (Å²) in [5.41, 5.74) is 2.91. The van der Waals surface area contributed by atoms with E-state index >= 15 is 0 Å². The Morgan fingerprint density at radius 3 is 2.35 bits per heavy atom. The molecule has 0 bridgehead atoms. The SMILES string of the molecule is O=C(Nc1cccc(N2C(=O)c3ccccc3C2=O)c1)c1cccc(OCc2cccnc2)c1. The fourth-order valence-corrected chi connectivity index (χ4v) is 3.73. The van der Waals surface area contributed by atoms with E-state index in [1.165, 1.54) is 0 Å². The maximum absolute atomic E-state index is 12.9. The first-order chi connectivity index (χ1) is 16.6. The first-order valence-corrected chi connectivity index (χ1v) is 10.6. The Kier molecular flexibility index (Phi) is 5.58. The molecule has 0 unspecified atom stereocenters. The van der Waals surface area contributed by atoms with E-state index in [1.54, 1.807) is 85.2 Å². The van der Waals surface area contributed by atoms with Crippen molar-refractivity contribution in [3.63, 3.8) is 0 Å². The third-order valence-electron chi connectivity index (χ3n) is 5.38. The van der Waals surface area contributed by atoms with Crippen LogP contribution in [0.1, 0.15) is 36.6 Å². The standard InChI is InChI=1S/C27H19N3O4/c31-25(19-7-3-10-22(14-19)34-17-18-6-5-13-28-16-18)29-20-8-4-9-21(15-20)30-26(32)23-11-1-2-12-24(23)27(30)33/h1-16H,17H2,(H,29,31). The molecule has 4 aromatic rings. The molecule has 2 heterocycles. The summed E-state index contributed by atoms with van der Waals surface area (Å²) in [5.74, 6) is -0.562. The lowest BCUT2D eigenvalue weighted by molar-refractivity contribution is 0.0925. The zero-order chi connectivity index (χ0) is 23.5. The van der Waals surface area contributed by atoms with Crippen LogP contribution in [0.2, 0.25) is 0 Å². The molecule has 3 aromatic carbocycles. The van der Waals surface area contributed by atoms with Gasteiger partial charge < -0.3 is 10.1 Å². The third-order valence-corrected chi connectivity index (χ3v) is 5.38. The number of ether oxygens (including phenoxy) is 1. The van der Waals surface area contributed by atoms with Crippen molar-refractivity contribution in [1.29, 1.82) is 0 Å². The van der Waals surface area contributed by atoms with Crippen LogP contribution < -0.4 is 15.0 Å². The van der Waals surface area contributed by atoms with Gasteiger partial charge in [0.15, 0.2) is 0 Å². The molecule has 0 fully saturated rings. The highest BCUT2D eigenvalue weighted by Gasteiger charge is 2.36. The number of carbonyl (C=O) groups is 3. The summed E-state index contributed by atoms with van der Waals surface area (Å²) in [6.07, 6.45) is 3.41. The molecule has 0 saturated heterocycles. The fraction of sp³-hybridized carbons (Fsp3) is 0.0370. The molecular weight excluding hydrogens is 430 g/mol. The molecule has 0 spiro atoms. The minimum Gasteiger partial charge on any atom is -0.489 e. The van der Waals surface area contributed by atoms with Gasteiger partial charge in [0, 0.05) is 29.2 Å². The van der Waals surface area contributed by atoms with Gasteiger partial charge in [0.1, 0.15) is 12.4 Å². The Morgan fingerprint density at radius 1 is 0.853 bits per heavy atom. The molecule has 0 atom stereocenters. The molecule has 1 aromatic heterocycles. The van der Waals surface area contributed by atoms with Crippen LogP contribution in [0.4, 0.5) is 11.4 Å². The lowest BCUT2D eigenvalue weighted by Crippen LogP contribution is -2.29. The lowest BCUT2D eigenvalue weighted by Gasteiger charge is -2.15. The van der Waals surface area contributed by atoms with Crippen molar-refractivity contribution in [1.82, 2.24) is 4.98 Å². The van der Waals surface area contributed by atoms with Gasteiger partial charge in [0.2, 0.25) is 0 Å². The molecule has 0 aliphatic carbocycles. The monoisotopic (exact) mass is 449 g/mol. The van der Waals surface area contributed by atoms with Gasteiger partial charge in [-0.25, -0.2) is 4.90 Å². The Morgan fingerprint density at radius 2 is 1.62 bits per heavy atom. The molecular formula is C27H19N3O4. The Hall–Kier alpha value is -4.78. The predicted octanol–water partition coefficient (Wildman–Crippen LogP) is 4.71. The van der Waals surface area contributed by atoms with Crippen molar-refractivity contribution < 1.29 is 19.1 Å². The maximum atomic E-state index is 12.9. The number of fused-ring (bicyclic) bond motifs is 1. The van der Waals surface area contributed by atoms with Gasteiger partial charge in [0.05, 0.1) is 16.8 Å². The van der Waals surface area contributed by atoms with Gasteiger partial charge >= 0.3 is 0 Å². The van der Waals surface area contributed by atoms with Crippen LogP contribution >= 0.6 is 0 Å². The highest BCUT2D eigenvalue weighted by atomic mass is 16.5. The second-order valence-electron chi connectivity index (χ2n) is 7.67. The number of nitrogens with one attached hydrogen (secondary N) is 1. The van der Waals surface area contributed by atoms with Crippen molar-refractivity contribution in [2.45, 2.75) is 6.61 Å². The normalized spacial score (nSPS) is 12.4. The molecule has 0 saturated carbocycles. The Bertz CT molecular complexity index is 1370.